The van der Waals surface area contributed by atoms with Crippen LogP contribution in [0.3, 0.4) is 0 Å². The monoisotopic (exact) mass is 570 g/mol. The van der Waals surface area contributed by atoms with Crippen molar-refractivity contribution >= 4 is 27.4 Å². The predicted molar refractivity (Wildman–Crippen MR) is 152 cm³/mol. The van der Waals surface area contributed by atoms with Gasteiger partial charge in [0, 0.05) is 41.9 Å². The van der Waals surface area contributed by atoms with E-state index in [2.05, 4.69) is 58.0 Å². The fourth-order valence-corrected chi connectivity index (χ4v) is 9.20. The lowest BCUT2D eigenvalue weighted by Gasteiger charge is -2.60. The highest BCUT2D eigenvalue weighted by Gasteiger charge is 2.65. The van der Waals surface area contributed by atoms with Gasteiger partial charge in [0.15, 0.2) is 0 Å². The molecular formula is C30H43BrN4O2. The number of halogens is 1. The molecule has 0 bridgehead atoms. The molecule has 0 saturated heterocycles. The Balaban J connectivity index is 1.36. The summed E-state index contributed by atoms with van der Waals surface area (Å²) in [7, 11) is 3.89. The first-order valence-corrected chi connectivity index (χ1v) is 14.7. The fraction of sp³-hybridized carbons (Fsp3) is 0.700. The third kappa shape index (κ3) is 4.48. The summed E-state index contributed by atoms with van der Waals surface area (Å²) in [4.78, 5) is 9.96. The standard InChI is InChI=1S/C30H43BrN4O2/c1-19-13-24-25(8-11-29(4)26(24)9-12-30(29,36)20(2)33-35(5)6)28(3)10-7-23(15-27(19)28)34-37-18-21-14-22(31)17-32-16-21/h14-17,19,24-26,36H,7-13,18H2,1-6H3/t19-,24+,25-,26-,28+,29-,30-/m0/s1. The van der Waals surface area contributed by atoms with Crippen molar-refractivity contribution in [3.63, 3.8) is 0 Å². The van der Waals surface area contributed by atoms with Gasteiger partial charge in [-0.05, 0) is 109 Å². The zero-order valence-corrected chi connectivity index (χ0v) is 24.9. The highest BCUT2D eigenvalue weighted by Crippen LogP contribution is 2.68. The fourth-order valence-electron chi connectivity index (χ4n) is 8.79. The van der Waals surface area contributed by atoms with Crippen molar-refractivity contribution in [1.29, 1.82) is 0 Å². The maximum absolute atomic E-state index is 12.0. The van der Waals surface area contributed by atoms with Crippen molar-refractivity contribution in [3.05, 3.63) is 40.1 Å². The number of oxime groups is 1. The predicted octanol–water partition coefficient (Wildman–Crippen LogP) is 6.59. The van der Waals surface area contributed by atoms with E-state index in [0.717, 1.165) is 53.6 Å². The molecule has 4 aliphatic carbocycles. The van der Waals surface area contributed by atoms with Crippen LogP contribution in [0.15, 0.2) is 44.8 Å². The molecule has 37 heavy (non-hydrogen) atoms. The first-order chi connectivity index (χ1) is 17.5. The molecule has 5 rings (SSSR count). The average molecular weight is 572 g/mol. The van der Waals surface area contributed by atoms with Crippen LogP contribution in [0, 0.1) is 34.5 Å². The molecule has 0 amide bonds. The van der Waals surface area contributed by atoms with E-state index in [0.29, 0.717) is 30.3 Å². The number of allylic oxidation sites excluding steroid dienone is 2. The molecule has 0 unspecified atom stereocenters. The van der Waals surface area contributed by atoms with Crippen LogP contribution in [0.1, 0.15) is 78.2 Å². The van der Waals surface area contributed by atoms with Gasteiger partial charge in [0.05, 0.1) is 11.4 Å². The van der Waals surface area contributed by atoms with E-state index < -0.39 is 5.60 Å². The summed E-state index contributed by atoms with van der Waals surface area (Å²) >= 11 is 3.47. The summed E-state index contributed by atoms with van der Waals surface area (Å²) in [6.45, 7) is 9.74. The minimum atomic E-state index is -0.805. The van der Waals surface area contributed by atoms with Crippen molar-refractivity contribution in [3.8, 4) is 0 Å². The van der Waals surface area contributed by atoms with Gasteiger partial charge in [-0.2, -0.15) is 5.10 Å². The highest BCUT2D eigenvalue weighted by atomic mass is 79.9. The average Bonchev–Trinajstić information content (AvgIpc) is 3.11. The molecular weight excluding hydrogens is 528 g/mol. The van der Waals surface area contributed by atoms with Gasteiger partial charge in [-0.3, -0.25) is 4.98 Å². The Labute approximate surface area is 230 Å². The third-order valence-electron chi connectivity index (χ3n) is 10.6. The van der Waals surface area contributed by atoms with E-state index >= 15 is 0 Å². The number of nitrogens with zero attached hydrogens (tertiary/aromatic N) is 4. The van der Waals surface area contributed by atoms with Crippen molar-refractivity contribution in [2.45, 2.75) is 84.8 Å². The molecule has 202 valence electrons. The Morgan fingerprint density at radius 3 is 2.68 bits per heavy atom. The molecule has 1 N–H and O–H groups in total. The van der Waals surface area contributed by atoms with Crippen LogP contribution in [0.4, 0.5) is 0 Å². The molecule has 7 heteroatoms. The van der Waals surface area contributed by atoms with Gasteiger partial charge in [-0.1, -0.05) is 31.5 Å². The molecule has 1 aromatic heterocycles. The Kier molecular flexibility index (Phi) is 7.10. The number of aliphatic hydroxyl groups is 1. The SMILES string of the molecule is CC(=NN(C)C)[C@@]1(O)CC[C@H]2[C@@H]3C[C@H](C)C4=CC(=NOCc5cncc(Br)c5)CC[C@]4(C)[C@H]3CC[C@@]21C. The summed E-state index contributed by atoms with van der Waals surface area (Å²) in [6.07, 6.45) is 13.4. The summed E-state index contributed by atoms with van der Waals surface area (Å²) < 4.78 is 0.951. The Morgan fingerprint density at radius 2 is 1.95 bits per heavy atom. The first-order valence-electron chi connectivity index (χ1n) is 13.9. The number of rotatable bonds is 5. The van der Waals surface area contributed by atoms with Crippen molar-refractivity contribution in [2.75, 3.05) is 14.1 Å². The zero-order valence-electron chi connectivity index (χ0n) is 23.3. The molecule has 3 saturated carbocycles. The first kappa shape index (κ1) is 26.9. The van der Waals surface area contributed by atoms with Crippen molar-refractivity contribution < 1.29 is 9.94 Å². The number of fused-ring (bicyclic) bond motifs is 5. The smallest absolute Gasteiger partial charge is 0.143 e. The maximum Gasteiger partial charge on any atom is 0.143 e. The number of hydrazone groups is 1. The number of hydrogen-bond donors (Lipinski definition) is 1. The van der Waals surface area contributed by atoms with Crippen molar-refractivity contribution in [1.82, 2.24) is 9.99 Å². The van der Waals surface area contributed by atoms with Gasteiger partial charge >= 0.3 is 0 Å². The minimum Gasteiger partial charge on any atom is -0.391 e. The maximum atomic E-state index is 12.0. The van der Waals surface area contributed by atoms with Gasteiger partial charge in [0.1, 0.15) is 12.2 Å². The molecule has 1 heterocycles. The zero-order chi connectivity index (χ0) is 26.6. The molecule has 0 radical (unpaired) electrons. The Morgan fingerprint density at radius 1 is 1.19 bits per heavy atom. The summed E-state index contributed by atoms with van der Waals surface area (Å²) in [5.41, 5.74) is 3.81. The number of hydrogen-bond acceptors (Lipinski definition) is 6. The molecule has 7 atom stereocenters. The lowest BCUT2D eigenvalue weighted by molar-refractivity contribution is -0.100. The minimum absolute atomic E-state index is 0.106. The van der Waals surface area contributed by atoms with Crippen LogP contribution >= 0.6 is 15.9 Å². The topological polar surface area (TPSA) is 70.3 Å². The lowest BCUT2D eigenvalue weighted by atomic mass is 9.44. The van der Waals surface area contributed by atoms with E-state index in [-0.39, 0.29) is 10.8 Å². The summed E-state index contributed by atoms with van der Waals surface area (Å²) in [5.74, 6) is 2.37. The van der Waals surface area contributed by atoms with Crippen LogP contribution < -0.4 is 0 Å². The molecule has 4 aliphatic rings. The van der Waals surface area contributed by atoms with Gasteiger partial charge in [-0.15, -0.1) is 0 Å². The van der Waals surface area contributed by atoms with Gasteiger partial charge in [0.2, 0.25) is 0 Å². The molecule has 0 aliphatic heterocycles. The van der Waals surface area contributed by atoms with Crippen LogP contribution in [0.5, 0.6) is 0 Å². The normalized spacial score (nSPS) is 40.5. The number of aromatic nitrogens is 1. The second-order valence-corrected chi connectivity index (χ2v) is 13.7. The molecule has 6 nitrogen and oxygen atoms in total. The van der Waals surface area contributed by atoms with E-state index in [1.165, 1.54) is 12.8 Å². The number of pyridine rings is 1. The van der Waals surface area contributed by atoms with Gasteiger partial charge < -0.3 is 15.0 Å². The second kappa shape index (κ2) is 9.78. The Hall–Kier alpha value is -1.73. The summed E-state index contributed by atoms with van der Waals surface area (Å²) in [5, 5.41) is 23.1. The van der Waals surface area contributed by atoms with Crippen LogP contribution in [0.25, 0.3) is 0 Å². The van der Waals surface area contributed by atoms with Crippen LogP contribution in [-0.2, 0) is 11.4 Å². The van der Waals surface area contributed by atoms with Crippen LogP contribution in [-0.4, -0.2) is 46.2 Å². The van der Waals surface area contributed by atoms with E-state index in [1.54, 1.807) is 11.8 Å². The third-order valence-corrected chi connectivity index (χ3v) is 11.0. The van der Waals surface area contributed by atoms with E-state index in [4.69, 9.17) is 4.84 Å². The Bertz CT molecular complexity index is 1130. The van der Waals surface area contributed by atoms with Gasteiger partial charge in [0.25, 0.3) is 0 Å². The second-order valence-electron chi connectivity index (χ2n) is 12.8. The van der Waals surface area contributed by atoms with Gasteiger partial charge in [-0.25, -0.2) is 0 Å². The lowest BCUT2D eigenvalue weighted by Crippen LogP contribution is -2.58. The summed E-state index contributed by atoms with van der Waals surface area (Å²) in [6, 6.07) is 2.02. The molecule has 3 fully saturated rings. The van der Waals surface area contributed by atoms with E-state index in [9.17, 15) is 5.11 Å². The largest absolute Gasteiger partial charge is 0.391 e. The van der Waals surface area contributed by atoms with Crippen molar-refractivity contribution in [2.24, 2.45) is 44.8 Å². The van der Waals surface area contributed by atoms with E-state index in [1.807, 2.05) is 38.3 Å². The quantitative estimate of drug-likeness (QED) is 0.320. The highest BCUT2D eigenvalue weighted by molar-refractivity contribution is 9.10. The molecule has 1 aromatic rings. The van der Waals surface area contributed by atoms with Crippen LogP contribution in [0.2, 0.25) is 0 Å². The molecule has 0 spiro atoms. The molecule has 0 aromatic carbocycles.